The van der Waals surface area contributed by atoms with Crippen LogP contribution in [0.3, 0.4) is 0 Å². The third-order valence-electron chi connectivity index (χ3n) is 5.15. The molecule has 1 N–H and O–H groups in total. The first-order valence-electron chi connectivity index (χ1n) is 11.3. The fourth-order valence-electron chi connectivity index (χ4n) is 3.56. The second kappa shape index (κ2) is 11.4. The fraction of sp³-hybridized carbons (Fsp3) is 0.296. The lowest BCUT2D eigenvalue weighted by Gasteiger charge is -2.23. The van der Waals surface area contributed by atoms with Gasteiger partial charge >= 0.3 is 12.1 Å². The lowest BCUT2D eigenvalue weighted by atomic mass is 9.86. The van der Waals surface area contributed by atoms with E-state index >= 15 is 0 Å². The normalized spacial score (nSPS) is 11.8. The zero-order chi connectivity index (χ0) is 26.3. The smallest absolute Gasteiger partial charge is 0.412 e. The summed E-state index contributed by atoms with van der Waals surface area (Å²) in [5.74, 6) is -1.09. The van der Waals surface area contributed by atoms with Crippen molar-refractivity contribution in [2.45, 2.75) is 38.7 Å². The molecule has 0 aliphatic carbocycles. The van der Waals surface area contributed by atoms with Gasteiger partial charge < -0.3 is 14.2 Å². The first kappa shape index (κ1) is 26.3. The van der Waals surface area contributed by atoms with Gasteiger partial charge in [-0.2, -0.15) is 0 Å². The highest BCUT2D eigenvalue weighted by atomic mass is 16.6. The second-order valence-electron chi connectivity index (χ2n) is 8.95. The number of ketones is 1. The highest BCUT2D eigenvalue weighted by molar-refractivity contribution is 6.02. The van der Waals surface area contributed by atoms with Crippen LogP contribution in [0.4, 0.5) is 10.5 Å². The van der Waals surface area contributed by atoms with E-state index < -0.39 is 23.6 Å². The SMILES string of the molecule is COC(=O)c1cccc(CC(C(=O)c2cccnc2)c2ccc(OC)cc2NC(=O)OC(C)(C)C)n1. The predicted octanol–water partition coefficient (Wildman–Crippen LogP) is 4.83. The molecule has 3 aromatic rings. The number of benzene rings is 1. The molecule has 2 heterocycles. The first-order valence-corrected chi connectivity index (χ1v) is 11.3. The van der Waals surface area contributed by atoms with Gasteiger partial charge in [0.2, 0.25) is 0 Å². The molecule has 0 saturated heterocycles. The van der Waals surface area contributed by atoms with E-state index in [4.69, 9.17) is 14.2 Å². The first-order chi connectivity index (χ1) is 17.1. The number of carbonyl (C=O) groups is 3. The highest BCUT2D eigenvalue weighted by Crippen LogP contribution is 2.33. The standard InChI is InChI=1S/C27H29N3O6/c1-27(2,3)36-26(33)30-23-15-19(34-4)11-12-20(23)21(24(31)17-8-7-13-28-16-17)14-18-9-6-10-22(29-18)25(32)35-5/h6-13,15-16,21H,14H2,1-5H3,(H,30,33). The van der Waals surface area contributed by atoms with E-state index in [9.17, 15) is 14.4 Å². The summed E-state index contributed by atoms with van der Waals surface area (Å²) >= 11 is 0. The van der Waals surface area contributed by atoms with Gasteiger partial charge in [-0.25, -0.2) is 14.6 Å². The van der Waals surface area contributed by atoms with E-state index in [1.807, 2.05) is 0 Å². The average Bonchev–Trinajstić information content (AvgIpc) is 2.86. The number of rotatable bonds is 8. The van der Waals surface area contributed by atoms with E-state index in [2.05, 4.69) is 15.3 Å². The van der Waals surface area contributed by atoms with Crippen LogP contribution in [-0.4, -0.2) is 47.6 Å². The van der Waals surface area contributed by atoms with E-state index in [1.165, 1.54) is 26.5 Å². The molecule has 1 aromatic carbocycles. The van der Waals surface area contributed by atoms with Crippen LogP contribution in [0.1, 0.15) is 58.8 Å². The van der Waals surface area contributed by atoms with Gasteiger partial charge in [-0.1, -0.05) is 12.1 Å². The lowest BCUT2D eigenvalue weighted by Crippen LogP contribution is -2.28. The minimum Gasteiger partial charge on any atom is -0.497 e. The van der Waals surface area contributed by atoms with Gasteiger partial charge in [-0.15, -0.1) is 0 Å². The number of Topliss-reactive ketones (excluding diaryl/α,β-unsaturated/α-hetero) is 1. The minimum atomic E-state index is -0.773. The van der Waals surface area contributed by atoms with Crippen LogP contribution in [0.5, 0.6) is 5.75 Å². The Morgan fingerprint density at radius 2 is 1.81 bits per heavy atom. The van der Waals surface area contributed by atoms with Crippen LogP contribution >= 0.6 is 0 Å². The molecular weight excluding hydrogens is 462 g/mol. The van der Waals surface area contributed by atoms with Crippen molar-refractivity contribution in [1.29, 1.82) is 0 Å². The summed E-state index contributed by atoms with van der Waals surface area (Å²) in [6.07, 6.45) is 2.54. The van der Waals surface area contributed by atoms with E-state index in [1.54, 1.807) is 69.4 Å². The number of ether oxygens (including phenoxy) is 3. The van der Waals surface area contributed by atoms with Crippen molar-refractivity contribution in [3.63, 3.8) is 0 Å². The van der Waals surface area contributed by atoms with Crippen LogP contribution in [-0.2, 0) is 15.9 Å². The van der Waals surface area contributed by atoms with E-state index in [0.717, 1.165) is 0 Å². The Hall–Kier alpha value is -4.27. The monoisotopic (exact) mass is 491 g/mol. The van der Waals surface area contributed by atoms with Crippen molar-refractivity contribution < 1.29 is 28.6 Å². The fourth-order valence-corrected chi connectivity index (χ4v) is 3.56. The molecule has 1 amide bonds. The number of nitrogens with one attached hydrogen (secondary N) is 1. The third kappa shape index (κ3) is 6.88. The van der Waals surface area contributed by atoms with Crippen molar-refractivity contribution in [2.24, 2.45) is 0 Å². The summed E-state index contributed by atoms with van der Waals surface area (Å²) in [4.78, 5) is 46.8. The van der Waals surface area contributed by atoms with Gasteiger partial charge in [-0.05, 0) is 56.7 Å². The number of hydrogen-bond donors (Lipinski definition) is 1. The van der Waals surface area contributed by atoms with Gasteiger partial charge in [0.1, 0.15) is 17.0 Å². The van der Waals surface area contributed by atoms with Gasteiger partial charge in [0, 0.05) is 36.1 Å². The zero-order valence-electron chi connectivity index (χ0n) is 20.9. The summed E-state index contributed by atoms with van der Waals surface area (Å²) in [7, 11) is 2.78. The number of anilines is 1. The number of esters is 1. The summed E-state index contributed by atoms with van der Waals surface area (Å²) in [6, 6.07) is 13.3. The van der Waals surface area contributed by atoms with Gasteiger partial charge in [0.05, 0.1) is 25.8 Å². The van der Waals surface area contributed by atoms with Crippen LogP contribution < -0.4 is 10.1 Å². The average molecular weight is 492 g/mol. The van der Waals surface area contributed by atoms with Crippen LogP contribution in [0, 0.1) is 0 Å². The summed E-state index contributed by atoms with van der Waals surface area (Å²) in [6.45, 7) is 5.27. The maximum Gasteiger partial charge on any atom is 0.412 e. The lowest BCUT2D eigenvalue weighted by molar-refractivity contribution is 0.0591. The molecule has 3 rings (SSSR count). The van der Waals surface area contributed by atoms with Crippen LogP contribution in [0.15, 0.2) is 60.9 Å². The van der Waals surface area contributed by atoms with E-state index in [0.29, 0.717) is 28.3 Å². The summed E-state index contributed by atoms with van der Waals surface area (Å²) in [5, 5.41) is 2.75. The van der Waals surface area contributed by atoms with Crippen molar-refractivity contribution >= 4 is 23.5 Å². The molecule has 2 aromatic heterocycles. The van der Waals surface area contributed by atoms with Crippen molar-refractivity contribution in [3.8, 4) is 5.75 Å². The molecule has 0 aliphatic heterocycles. The molecule has 0 saturated carbocycles. The zero-order valence-corrected chi connectivity index (χ0v) is 20.9. The third-order valence-corrected chi connectivity index (χ3v) is 5.15. The van der Waals surface area contributed by atoms with Crippen molar-refractivity contribution in [1.82, 2.24) is 9.97 Å². The molecule has 1 atom stereocenters. The van der Waals surface area contributed by atoms with Gasteiger partial charge in [0.25, 0.3) is 0 Å². The number of carbonyl (C=O) groups excluding carboxylic acids is 3. The molecule has 0 spiro atoms. The molecule has 36 heavy (non-hydrogen) atoms. The summed E-state index contributed by atoms with van der Waals surface area (Å²) < 4.78 is 15.5. The van der Waals surface area contributed by atoms with Crippen LogP contribution in [0.25, 0.3) is 0 Å². The minimum absolute atomic E-state index is 0.129. The molecule has 0 fully saturated rings. The number of aromatic nitrogens is 2. The molecule has 9 nitrogen and oxygen atoms in total. The number of nitrogens with zero attached hydrogens (tertiary/aromatic N) is 2. The number of methoxy groups -OCH3 is 2. The molecule has 188 valence electrons. The highest BCUT2D eigenvalue weighted by Gasteiger charge is 2.28. The number of pyridine rings is 2. The maximum atomic E-state index is 13.7. The molecule has 0 aliphatic rings. The molecule has 9 heteroatoms. The maximum absolute atomic E-state index is 13.7. The second-order valence-corrected chi connectivity index (χ2v) is 8.95. The predicted molar refractivity (Wildman–Crippen MR) is 133 cm³/mol. The van der Waals surface area contributed by atoms with E-state index in [-0.39, 0.29) is 17.9 Å². The molecule has 0 radical (unpaired) electrons. The largest absolute Gasteiger partial charge is 0.497 e. The topological polar surface area (TPSA) is 117 Å². The van der Waals surface area contributed by atoms with Gasteiger partial charge in [-0.3, -0.25) is 15.1 Å². The van der Waals surface area contributed by atoms with Crippen molar-refractivity contribution in [3.05, 3.63) is 83.4 Å². The molecule has 1 unspecified atom stereocenters. The number of amides is 1. The Labute approximate surface area is 209 Å². The Bertz CT molecular complexity index is 1240. The molecule has 0 bridgehead atoms. The summed E-state index contributed by atoms with van der Waals surface area (Å²) in [5.41, 5.74) is 1.19. The Balaban J connectivity index is 2.08. The molecular formula is C27H29N3O6. The Morgan fingerprint density at radius 3 is 2.44 bits per heavy atom. The van der Waals surface area contributed by atoms with Crippen molar-refractivity contribution in [2.75, 3.05) is 19.5 Å². The number of hydrogen-bond acceptors (Lipinski definition) is 8. The van der Waals surface area contributed by atoms with Crippen LogP contribution in [0.2, 0.25) is 0 Å². The van der Waals surface area contributed by atoms with Gasteiger partial charge in [0.15, 0.2) is 5.78 Å². The quantitative estimate of drug-likeness (QED) is 0.352. The Morgan fingerprint density at radius 1 is 1.03 bits per heavy atom. The Kier molecular flexibility index (Phi) is 8.37.